The van der Waals surface area contributed by atoms with Crippen LogP contribution in [0.4, 0.5) is 0 Å². The molecule has 0 amide bonds. The van der Waals surface area contributed by atoms with E-state index in [9.17, 15) is 0 Å². The normalized spacial score (nSPS) is 25.2. The lowest BCUT2D eigenvalue weighted by Crippen LogP contribution is -2.51. The largest absolute Gasteiger partial charge is 0.307 e. The van der Waals surface area contributed by atoms with Gasteiger partial charge in [0.1, 0.15) is 0 Å². The fraction of sp³-hybridized carbons (Fsp3) is 0.600. The van der Waals surface area contributed by atoms with Crippen molar-refractivity contribution in [1.82, 2.24) is 10.2 Å². The Balaban J connectivity index is 1.91. The van der Waals surface area contributed by atoms with Gasteiger partial charge < -0.3 is 5.32 Å². The molecule has 0 bridgehead atoms. The second-order valence-corrected chi connectivity index (χ2v) is 6.05. The van der Waals surface area contributed by atoms with Crippen molar-refractivity contribution in [2.45, 2.75) is 25.4 Å². The van der Waals surface area contributed by atoms with E-state index in [2.05, 4.69) is 53.7 Å². The van der Waals surface area contributed by atoms with Crippen molar-refractivity contribution in [3.05, 3.63) is 35.9 Å². The van der Waals surface area contributed by atoms with Crippen LogP contribution in [0.5, 0.6) is 0 Å². The van der Waals surface area contributed by atoms with Crippen molar-refractivity contribution in [2.75, 3.05) is 31.6 Å². The zero-order valence-corrected chi connectivity index (χ0v) is 12.2. The van der Waals surface area contributed by atoms with Gasteiger partial charge in [0.05, 0.1) is 0 Å². The molecule has 1 aromatic rings. The lowest BCUT2D eigenvalue weighted by atomic mass is 10.0. The van der Waals surface area contributed by atoms with E-state index in [1.807, 2.05) is 11.8 Å². The van der Waals surface area contributed by atoms with Crippen molar-refractivity contribution in [2.24, 2.45) is 0 Å². The quantitative estimate of drug-likeness (QED) is 0.823. The fourth-order valence-electron chi connectivity index (χ4n) is 2.55. The zero-order chi connectivity index (χ0) is 12.8. The van der Waals surface area contributed by atoms with E-state index in [0.29, 0.717) is 12.1 Å². The highest BCUT2D eigenvalue weighted by atomic mass is 32.2. The van der Waals surface area contributed by atoms with Crippen LogP contribution in [0.25, 0.3) is 0 Å². The minimum Gasteiger partial charge on any atom is -0.307 e. The zero-order valence-electron chi connectivity index (χ0n) is 11.4. The van der Waals surface area contributed by atoms with Gasteiger partial charge in [-0.1, -0.05) is 30.3 Å². The average Bonchev–Trinajstić information content (AvgIpc) is 2.42. The second kappa shape index (κ2) is 7.17. The Morgan fingerprint density at radius 3 is 2.83 bits per heavy atom. The molecule has 1 heterocycles. The Bertz CT molecular complexity index is 342. The molecule has 0 spiro atoms. The predicted octanol–water partition coefficient (Wildman–Crippen LogP) is 2.77. The molecule has 0 saturated carbocycles. The van der Waals surface area contributed by atoms with Gasteiger partial charge in [0.15, 0.2) is 0 Å². The predicted molar refractivity (Wildman–Crippen MR) is 81.2 cm³/mol. The van der Waals surface area contributed by atoms with E-state index in [1.54, 1.807) is 0 Å². The first-order valence-corrected chi connectivity index (χ1v) is 8.22. The van der Waals surface area contributed by atoms with Crippen LogP contribution in [-0.4, -0.2) is 42.6 Å². The minimum absolute atomic E-state index is 0.497. The molecule has 0 aromatic heterocycles. The van der Waals surface area contributed by atoms with Crippen LogP contribution in [0.3, 0.4) is 0 Å². The van der Waals surface area contributed by atoms with E-state index in [1.165, 1.54) is 24.3 Å². The summed E-state index contributed by atoms with van der Waals surface area (Å²) >= 11 is 1.95. The molecule has 0 radical (unpaired) electrons. The van der Waals surface area contributed by atoms with Crippen LogP contribution in [0, 0.1) is 0 Å². The molecule has 1 aliphatic heterocycles. The number of rotatable bonds is 5. The monoisotopic (exact) mass is 264 g/mol. The van der Waals surface area contributed by atoms with Crippen LogP contribution >= 0.6 is 11.8 Å². The Kier molecular flexibility index (Phi) is 5.54. The molecule has 1 saturated heterocycles. The summed E-state index contributed by atoms with van der Waals surface area (Å²) in [5.41, 5.74) is 1.42. The molecule has 1 N–H and O–H groups in total. The summed E-state index contributed by atoms with van der Waals surface area (Å²) in [6, 6.07) is 12.0. The molecular formula is C15H24N2S. The maximum absolute atomic E-state index is 3.66. The van der Waals surface area contributed by atoms with Gasteiger partial charge >= 0.3 is 0 Å². The second-order valence-electron chi connectivity index (χ2n) is 5.06. The highest BCUT2D eigenvalue weighted by molar-refractivity contribution is 7.98. The molecule has 2 unspecified atom stereocenters. The maximum Gasteiger partial charge on any atom is 0.0449 e. The lowest BCUT2D eigenvalue weighted by Gasteiger charge is -2.39. The molecule has 18 heavy (non-hydrogen) atoms. The van der Waals surface area contributed by atoms with Gasteiger partial charge in [0, 0.05) is 25.2 Å². The average molecular weight is 264 g/mol. The van der Waals surface area contributed by atoms with Crippen molar-refractivity contribution >= 4 is 11.8 Å². The summed E-state index contributed by atoms with van der Waals surface area (Å²) in [6.07, 6.45) is 3.49. The van der Waals surface area contributed by atoms with Gasteiger partial charge in [-0.3, -0.25) is 4.90 Å². The maximum atomic E-state index is 3.66. The summed E-state index contributed by atoms with van der Waals surface area (Å²) in [5, 5.41) is 3.66. The van der Waals surface area contributed by atoms with Gasteiger partial charge in [0.2, 0.25) is 0 Å². The van der Waals surface area contributed by atoms with Crippen molar-refractivity contribution in [3.63, 3.8) is 0 Å². The highest BCUT2D eigenvalue weighted by Crippen LogP contribution is 2.20. The SMILES string of the molecule is CSCCCN1CC(c2ccccc2)NCC1C. The minimum atomic E-state index is 0.497. The van der Waals surface area contributed by atoms with Gasteiger partial charge in [-0.15, -0.1) is 0 Å². The Morgan fingerprint density at radius 2 is 2.11 bits per heavy atom. The Morgan fingerprint density at radius 1 is 1.33 bits per heavy atom. The van der Waals surface area contributed by atoms with E-state index in [0.717, 1.165) is 13.1 Å². The summed E-state index contributed by atoms with van der Waals surface area (Å²) in [7, 11) is 0. The van der Waals surface area contributed by atoms with E-state index in [-0.39, 0.29) is 0 Å². The fourth-order valence-corrected chi connectivity index (χ4v) is 2.97. The topological polar surface area (TPSA) is 15.3 Å². The molecule has 1 aromatic carbocycles. The van der Waals surface area contributed by atoms with Crippen molar-refractivity contribution in [3.8, 4) is 0 Å². The standard InChI is InChI=1S/C15H24N2S/c1-13-11-16-15(14-7-4-3-5-8-14)12-17(13)9-6-10-18-2/h3-5,7-8,13,15-16H,6,9-12H2,1-2H3. The van der Waals surface area contributed by atoms with Gasteiger partial charge in [0.25, 0.3) is 0 Å². The van der Waals surface area contributed by atoms with Gasteiger partial charge in [-0.2, -0.15) is 11.8 Å². The summed E-state index contributed by atoms with van der Waals surface area (Å²) in [5.74, 6) is 1.27. The number of thioether (sulfide) groups is 1. The molecule has 1 fully saturated rings. The van der Waals surface area contributed by atoms with Crippen LogP contribution < -0.4 is 5.32 Å². The molecule has 2 rings (SSSR count). The number of piperazine rings is 1. The number of benzene rings is 1. The van der Waals surface area contributed by atoms with Crippen LogP contribution in [-0.2, 0) is 0 Å². The first-order valence-electron chi connectivity index (χ1n) is 6.82. The first kappa shape index (κ1) is 13.9. The molecule has 3 heteroatoms. The van der Waals surface area contributed by atoms with E-state index in [4.69, 9.17) is 0 Å². The van der Waals surface area contributed by atoms with Gasteiger partial charge in [-0.25, -0.2) is 0 Å². The highest BCUT2D eigenvalue weighted by Gasteiger charge is 2.25. The molecular weight excluding hydrogens is 240 g/mol. The summed E-state index contributed by atoms with van der Waals surface area (Å²) in [4.78, 5) is 2.63. The summed E-state index contributed by atoms with van der Waals surface area (Å²) < 4.78 is 0. The molecule has 100 valence electrons. The molecule has 1 aliphatic rings. The van der Waals surface area contributed by atoms with Crippen LogP contribution in [0.2, 0.25) is 0 Å². The van der Waals surface area contributed by atoms with Crippen LogP contribution in [0.1, 0.15) is 24.9 Å². The Labute approximate surface area is 115 Å². The van der Waals surface area contributed by atoms with Crippen molar-refractivity contribution < 1.29 is 0 Å². The molecule has 2 nitrogen and oxygen atoms in total. The smallest absolute Gasteiger partial charge is 0.0449 e. The van der Waals surface area contributed by atoms with E-state index >= 15 is 0 Å². The number of hydrogen-bond acceptors (Lipinski definition) is 3. The third-order valence-corrected chi connectivity index (χ3v) is 4.39. The van der Waals surface area contributed by atoms with Crippen molar-refractivity contribution in [1.29, 1.82) is 0 Å². The van der Waals surface area contributed by atoms with E-state index < -0.39 is 0 Å². The first-order chi connectivity index (χ1) is 8.81. The molecule has 2 atom stereocenters. The third kappa shape index (κ3) is 3.74. The Hall–Kier alpha value is -0.510. The third-order valence-electron chi connectivity index (χ3n) is 3.70. The summed E-state index contributed by atoms with van der Waals surface area (Å²) in [6.45, 7) is 5.79. The molecule has 0 aliphatic carbocycles. The number of nitrogens with one attached hydrogen (secondary N) is 1. The number of hydrogen-bond donors (Lipinski definition) is 1. The van der Waals surface area contributed by atoms with Crippen LogP contribution in [0.15, 0.2) is 30.3 Å². The van der Waals surface area contributed by atoms with Gasteiger partial charge in [-0.05, 0) is 37.5 Å². The lowest BCUT2D eigenvalue weighted by molar-refractivity contribution is 0.142. The number of nitrogens with zero attached hydrogens (tertiary/aromatic N) is 1.